The second-order valence-electron chi connectivity index (χ2n) is 8.41. The highest BCUT2D eigenvalue weighted by Crippen LogP contribution is 2.34. The molecule has 1 unspecified atom stereocenters. The molecule has 1 amide bonds. The average molecular weight is 603 g/mol. The van der Waals surface area contributed by atoms with Gasteiger partial charge in [0.15, 0.2) is 0 Å². The zero-order valence-corrected chi connectivity index (χ0v) is 25.4. The average Bonchev–Trinajstić information content (AvgIpc) is 2.61. The number of rotatable bonds is 12. The number of nitrogens with zero attached hydrogens (tertiary/aromatic N) is 1. The normalized spacial score (nSPS) is 11.8. The Morgan fingerprint density at radius 2 is 1.47 bits per heavy atom. The fraction of sp³-hybridized carbons (Fsp3) is 0.950. The molecule has 0 aromatic carbocycles. The van der Waals surface area contributed by atoms with Crippen LogP contribution >= 0.6 is 7.60 Å². The second-order valence-corrected chi connectivity index (χ2v) is 11.7. The van der Waals surface area contributed by atoms with Crippen LogP contribution in [0.5, 0.6) is 0 Å². The van der Waals surface area contributed by atoms with Gasteiger partial charge in [0.05, 0.1) is 27.7 Å². The van der Waals surface area contributed by atoms with Gasteiger partial charge < -0.3 is 52.6 Å². The van der Waals surface area contributed by atoms with Gasteiger partial charge in [-0.2, -0.15) is 0 Å². The van der Waals surface area contributed by atoms with Gasteiger partial charge in [-0.25, -0.2) is 8.42 Å². The number of hydrogen-bond donors (Lipinski definition) is 5. The van der Waals surface area contributed by atoms with Crippen LogP contribution in [0.3, 0.4) is 0 Å². The van der Waals surface area contributed by atoms with Crippen LogP contribution in [-0.4, -0.2) is 91.9 Å². The first-order valence-corrected chi connectivity index (χ1v) is 14.7. The number of nitrogens with two attached hydrogens (primary N) is 2. The lowest BCUT2D eigenvalue weighted by molar-refractivity contribution is -0.870. The minimum Gasteiger partial charge on any atom is -1.00 e. The van der Waals surface area contributed by atoms with E-state index in [0.29, 0.717) is 13.0 Å². The number of hydrogen-bond acceptors (Lipinski definition) is 7. The summed E-state index contributed by atoms with van der Waals surface area (Å²) in [5.74, 6) is -0.809. The van der Waals surface area contributed by atoms with Crippen molar-refractivity contribution in [2.24, 2.45) is 11.5 Å². The minimum atomic E-state index is -4.64. The SMILES string of the molecule is CCCCN.CCCCNC(=O)C(CN)S(=O)(=O)[O-].CCCP(=O)(O)O.CCC[N+](C)(C)C.[Br-]. The third kappa shape index (κ3) is 42.1. The number of quaternary nitrogens is 1. The molecule has 0 spiro atoms. The molecule has 7 N–H and O–H groups in total. The van der Waals surface area contributed by atoms with Crippen LogP contribution < -0.4 is 33.8 Å². The standard InChI is InChI=1S/C7H16N2O4S.C6H16N.C4H11N.C3H9O3P.BrH/c1-2-3-4-9-7(10)6(5-8)14(11,12)13;1-5-6-7(2,3)4;1-2-3-4-5;1-2-3-7(4,5)6;/h6H,2-5,8H2,1H3,(H,9,10)(H,11,12,13);5-6H2,1-4H3;2-5H2,1H3;2-3H2,1H3,(H2,4,5,6);1H/q;+1;;;/p-2. The van der Waals surface area contributed by atoms with Crippen molar-refractivity contribution in [2.45, 2.75) is 71.5 Å². The van der Waals surface area contributed by atoms with Crippen molar-refractivity contribution in [3.05, 3.63) is 0 Å². The van der Waals surface area contributed by atoms with Crippen molar-refractivity contribution in [2.75, 3.05) is 53.5 Å². The molecule has 0 aliphatic heterocycles. The predicted octanol–water partition coefficient (Wildman–Crippen LogP) is -1.80. The molecule has 1 atom stereocenters. The summed E-state index contributed by atoms with van der Waals surface area (Å²) in [6, 6.07) is 0. The number of unbranched alkanes of at least 4 members (excludes halogenated alkanes) is 2. The topological polar surface area (TPSA) is 196 Å². The van der Waals surface area contributed by atoms with Gasteiger partial charge in [0.2, 0.25) is 5.91 Å². The molecule has 0 bridgehead atoms. The molecule has 0 saturated carbocycles. The van der Waals surface area contributed by atoms with E-state index in [2.05, 4.69) is 40.3 Å². The summed E-state index contributed by atoms with van der Waals surface area (Å²) in [5.41, 5.74) is 10.2. The molecule has 0 saturated heterocycles. The summed E-state index contributed by atoms with van der Waals surface area (Å²) < 4.78 is 42.6. The number of carbonyl (C=O) groups excluding carboxylic acids is 1. The summed E-state index contributed by atoms with van der Waals surface area (Å²) in [6.45, 7) is 10.0. The van der Waals surface area contributed by atoms with E-state index in [-0.39, 0.29) is 23.1 Å². The van der Waals surface area contributed by atoms with Crippen LogP contribution in [0.2, 0.25) is 0 Å². The summed E-state index contributed by atoms with van der Waals surface area (Å²) in [6.07, 6.45) is 5.83. The van der Waals surface area contributed by atoms with Crippen molar-refractivity contribution in [1.29, 1.82) is 0 Å². The highest BCUT2D eigenvalue weighted by Gasteiger charge is 2.22. The van der Waals surface area contributed by atoms with E-state index < -0.39 is 35.4 Å². The maximum Gasteiger partial charge on any atom is 0.325 e. The fourth-order valence-electron chi connectivity index (χ4n) is 2.02. The molecular formula is C20H51BrN4O7PS-. The van der Waals surface area contributed by atoms with Crippen molar-refractivity contribution in [1.82, 2.24) is 5.32 Å². The Morgan fingerprint density at radius 1 is 1.00 bits per heavy atom. The third-order valence-electron chi connectivity index (χ3n) is 3.65. The summed E-state index contributed by atoms with van der Waals surface area (Å²) in [4.78, 5) is 27.4. The van der Waals surface area contributed by atoms with Crippen LogP contribution in [0.15, 0.2) is 0 Å². The van der Waals surface area contributed by atoms with Crippen LogP contribution in [0.4, 0.5) is 0 Å². The summed E-state index contributed by atoms with van der Waals surface area (Å²) in [7, 11) is -1.67. The molecule has 0 fully saturated rings. The molecule has 0 aromatic heterocycles. The van der Waals surface area contributed by atoms with Gasteiger partial charge in [-0.05, 0) is 32.2 Å². The maximum atomic E-state index is 11.1. The maximum absolute atomic E-state index is 11.1. The van der Waals surface area contributed by atoms with Crippen LogP contribution in [0.25, 0.3) is 0 Å². The molecule has 212 valence electrons. The van der Waals surface area contributed by atoms with Crippen molar-refractivity contribution in [3.63, 3.8) is 0 Å². The van der Waals surface area contributed by atoms with E-state index in [0.717, 1.165) is 23.9 Å². The van der Waals surface area contributed by atoms with E-state index in [9.17, 15) is 22.3 Å². The monoisotopic (exact) mass is 601 g/mol. The first kappa shape index (κ1) is 43.9. The lowest BCUT2D eigenvalue weighted by Crippen LogP contribution is -3.00. The van der Waals surface area contributed by atoms with Gasteiger partial charge in [-0.1, -0.05) is 40.5 Å². The molecule has 0 aliphatic carbocycles. The molecular weight excluding hydrogens is 551 g/mol. The molecule has 0 aromatic rings. The van der Waals surface area contributed by atoms with E-state index in [1.807, 2.05) is 6.92 Å². The molecule has 14 heteroatoms. The van der Waals surface area contributed by atoms with Gasteiger partial charge in [-0.15, -0.1) is 0 Å². The number of amides is 1. The third-order valence-corrected chi connectivity index (χ3v) is 5.78. The van der Waals surface area contributed by atoms with E-state index >= 15 is 0 Å². The zero-order chi connectivity index (χ0) is 27.1. The van der Waals surface area contributed by atoms with Gasteiger partial charge in [0.1, 0.15) is 15.4 Å². The predicted molar refractivity (Wildman–Crippen MR) is 135 cm³/mol. The van der Waals surface area contributed by atoms with Gasteiger partial charge >= 0.3 is 7.60 Å². The highest BCUT2D eigenvalue weighted by atomic mass is 79.9. The second kappa shape index (κ2) is 26.0. The summed E-state index contributed by atoms with van der Waals surface area (Å²) in [5, 5.41) is 0.676. The first-order valence-electron chi connectivity index (χ1n) is 11.4. The Hall–Kier alpha value is -0.110. The lowest BCUT2D eigenvalue weighted by Gasteiger charge is -2.22. The molecule has 0 aliphatic rings. The summed E-state index contributed by atoms with van der Waals surface area (Å²) >= 11 is 0. The molecule has 0 heterocycles. The van der Waals surface area contributed by atoms with Crippen molar-refractivity contribution < 1.29 is 53.6 Å². The molecule has 0 rings (SSSR count). The Bertz CT molecular complexity index is 598. The quantitative estimate of drug-likeness (QED) is 0.0741. The zero-order valence-electron chi connectivity index (χ0n) is 22.1. The number of nitrogens with one attached hydrogen (secondary N) is 1. The van der Waals surface area contributed by atoms with Crippen LogP contribution in [-0.2, 0) is 19.5 Å². The van der Waals surface area contributed by atoms with E-state index in [1.54, 1.807) is 6.92 Å². The van der Waals surface area contributed by atoms with Crippen molar-refractivity contribution >= 4 is 23.6 Å². The Labute approximate surface area is 218 Å². The van der Waals surface area contributed by atoms with Gasteiger partial charge in [0, 0.05) is 19.3 Å². The van der Waals surface area contributed by atoms with Crippen LogP contribution in [0, 0.1) is 0 Å². The van der Waals surface area contributed by atoms with E-state index in [1.165, 1.54) is 25.8 Å². The minimum absolute atomic E-state index is 0. The highest BCUT2D eigenvalue weighted by molar-refractivity contribution is 7.87. The molecule has 0 radical (unpaired) electrons. The lowest BCUT2D eigenvalue weighted by atomic mass is 10.3. The molecule has 34 heavy (non-hydrogen) atoms. The number of carbonyl (C=O) groups is 1. The van der Waals surface area contributed by atoms with Crippen molar-refractivity contribution in [3.8, 4) is 0 Å². The Balaban J connectivity index is -0.000000119. The first-order chi connectivity index (χ1) is 15.0. The van der Waals surface area contributed by atoms with Gasteiger partial charge in [0.25, 0.3) is 0 Å². The fourth-order valence-corrected chi connectivity index (χ4v) is 3.19. The van der Waals surface area contributed by atoms with Crippen LogP contribution in [0.1, 0.15) is 66.2 Å². The Morgan fingerprint density at radius 3 is 1.62 bits per heavy atom. The van der Waals surface area contributed by atoms with E-state index in [4.69, 9.17) is 21.3 Å². The number of halogens is 1. The van der Waals surface area contributed by atoms with Gasteiger partial charge in [-0.3, -0.25) is 9.36 Å². The smallest absolute Gasteiger partial charge is 0.325 e. The Kier molecular flexibility index (Phi) is 33.5. The molecule has 11 nitrogen and oxygen atoms in total. The largest absolute Gasteiger partial charge is 1.00 e.